The first kappa shape index (κ1) is 18.1. The van der Waals surface area contributed by atoms with Gasteiger partial charge in [-0.2, -0.15) is 0 Å². The summed E-state index contributed by atoms with van der Waals surface area (Å²) in [5.74, 6) is 0.946. The first-order valence-corrected chi connectivity index (χ1v) is 10.4. The number of hydrogen-bond acceptors (Lipinski definition) is 2. The first-order chi connectivity index (χ1) is 13.2. The maximum Gasteiger partial charge on any atom is 0.258 e. The Kier molecular flexibility index (Phi) is 5.51. The maximum atomic E-state index is 13.0. The van der Waals surface area contributed by atoms with Crippen molar-refractivity contribution in [2.45, 2.75) is 23.5 Å². The molecule has 0 atom stereocenters. The fourth-order valence-corrected chi connectivity index (χ4v) is 4.32. The molecule has 0 bridgehead atoms. The molecule has 1 aliphatic heterocycles. The number of aryl methyl sites for hydroxylation is 1. The molecule has 0 aromatic heterocycles. The number of amides is 1. The topological polar surface area (TPSA) is 20.3 Å². The average Bonchev–Trinajstić information content (AvgIpc) is 2.73. The largest absolute Gasteiger partial charge is 0.308 e. The molecule has 0 unspecified atom stereocenters. The van der Waals surface area contributed by atoms with E-state index in [1.54, 1.807) is 11.8 Å². The molecule has 1 aliphatic rings. The van der Waals surface area contributed by atoms with Gasteiger partial charge in [0.15, 0.2) is 0 Å². The van der Waals surface area contributed by atoms with Crippen molar-refractivity contribution < 1.29 is 4.79 Å². The Hall–Kier alpha value is -2.23. The molecular formula is C23H20ClNOS. The Labute approximate surface area is 169 Å². The lowest BCUT2D eigenvalue weighted by atomic mass is 10.0. The minimum Gasteiger partial charge on any atom is -0.308 e. The van der Waals surface area contributed by atoms with Gasteiger partial charge in [0.25, 0.3) is 5.91 Å². The lowest BCUT2D eigenvalue weighted by Gasteiger charge is -2.29. The number of rotatable bonds is 4. The summed E-state index contributed by atoms with van der Waals surface area (Å²) in [5.41, 5.74) is 4.25. The Morgan fingerprint density at radius 3 is 2.48 bits per heavy atom. The van der Waals surface area contributed by atoms with E-state index < -0.39 is 0 Å². The van der Waals surface area contributed by atoms with E-state index in [0.29, 0.717) is 0 Å². The zero-order valence-corrected chi connectivity index (χ0v) is 16.5. The molecule has 0 radical (unpaired) electrons. The van der Waals surface area contributed by atoms with Gasteiger partial charge in [0.1, 0.15) is 0 Å². The molecule has 0 aliphatic carbocycles. The van der Waals surface area contributed by atoms with Crippen molar-refractivity contribution in [2.24, 2.45) is 0 Å². The third-order valence-electron chi connectivity index (χ3n) is 4.78. The van der Waals surface area contributed by atoms with E-state index in [-0.39, 0.29) is 5.91 Å². The van der Waals surface area contributed by atoms with Crippen molar-refractivity contribution in [3.8, 4) is 0 Å². The highest BCUT2D eigenvalue weighted by Crippen LogP contribution is 2.29. The molecule has 3 aromatic rings. The predicted octanol–water partition coefficient (Wildman–Crippen LogP) is 6.23. The smallest absolute Gasteiger partial charge is 0.258 e. The summed E-state index contributed by atoms with van der Waals surface area (Å²) in [6.07, 6.45) is 2.05. The van der Waals surface area contributed by atoms with E-state index >= 15 is 0 Å². The summed E-state index contributed by atoms with van der Waals surface area (Å²) >= 11 is 7.69. The van der Waals surface area contributed by atoms with Crippen LogP contribution in [0.2, 0.25) is 5.02 Å². The van der Waals surface area contributed by atoms with Crippen LogP contribution >= 0.6 is 23.4 Å². The second-order valence-electron chi connectivity index (χ2n) is 6.63. The van der Waals surface area contributed by atoms with E-state index in [0.717, 1.165) is 41.4 Å². The molecule has 4 heteroatoms. The van der Waals surface area contributed by atoms with Crippen LogP contribution in [0.3, 0.4) is 0 Å². The van der Waals surface area contributed by atoms with Crippen LogP contribution in [0.1, 0.15) is 27.9 Å². The van der Waals surface area contributed by atoms with Crippen LogP contribution in [0.25, 0.3) is 0 Å². The molecule has 3 aromatic carbocycles. The van der Waals surface area contributed by atoms with Crippen LogP contribution in [-0.2, 0) is 12.2 Å². The number of benzene rings is 3. The highest BCUT2D eigenvalue weighted by Gasteiger charge is 2.23. The summed E-state index contributed by atoms with van der Waals surface area (Å²) in [5, 5.41) is 0.751. The van der Waals surface area contributed by atoms with Crippen molar-refractivity contribution in [1.29, 1.82) is 0 Å². The van der Waals surface area contributed by atoms with Gasteiger partial charge in [-0.05, 0) is 66.4 Å². The quantitative estimate of drug-likeness (QED) is 0.490. The molecule has 0 saturated heterocycles. The summed E-state index contributed by atoms with van der Waals surface area (Å²) in [4.78, 5) is 16.1. The average molecular weight is 394 g/mol. The van der Waals surface area contributed by atoms with Crippen LogP contribution in [0.15, 0.2) is 77.7 Å². The minimum absolute atomic E-state index is 0.0825. The zero-order valence-electron chi connectivity index (χ0n) is 14.9. The number of carbonyl (C=O) groups excluding carboxylic acids is 1. The Morgan fingerprint density at radius 1 is 0.963 bits per heavy atom. The normalized spacial score (nSPS) is 13.3. The third kappa shape index (κ3) is 4.20. The Bertz CT molecular complexity index is 937. The zero-order chi connectivity index (χ0) is 18.6. The molecule has 1 heterocycles. The number of halogens is 1. The molecule has 1 amide bonds. The van der Waals surface area contributed by atoms with Crippen LogP contribution in [0.5, 0.6) is 0 Å². The molecule has 0 N–H and O–H groups in total. The predicted molar refractivity (Wildman–Crippen MR) is 114 cm³/mol. The number of anilines is 1. The van der Waals surface area contributed by atoms with Gasteiger partial charge in [-0.25, -0.2) is 0 Å². The van der Waals surface area contributed by atoms with E-state index in [9.17, 15) is 4.79 Å². The molecular weight excluding hydrogens is 374 g/mol. The second-order valence-corrected chi connectivity index (χ2v) is 8.11. The van der Waals surface area contributed by atoms with Gasteiger partial charge in [-0.1, -0.05) is 41.9 Å². The van der Waals surface area contributed by atoms with Gasteiger partial charge < -0.3 is 4.90 Å². The molecule has 0 spiro atoms. The van der Waals surface area contributed by atoms with Gasteiger partial charge in [-0.15, -0.1) is 11.8 Å². The van der Waals surface area contributed by atoms with E-state index in [4.69, 9.17) is 11.6 Å². The number of para-hydroxylation sites is 1. The van der Waals surface area contributed by atoms with Crippen LogP contribution in [0, 0.1) is 0 Å². The maximum absolute atomic E-state index is 13.0. The Morgan fingerprint density at radius 2 is 1.70 bits per heavy atom. The SMILES string of the molecule is O=C(c1ccc(CSc2ccc(Cl)cc2)cc1)N1CCCc2ccccc21. The summed E-state index contributed by atoms with van der Waals surface area (Å²) in [7, 11) is 0. The standard InChI is InChI=1S/C23H20ClNOS/c24-20-11-13-21(14-12-20)27-16-17-7-9-19(10-8-17)23(26)25-15-3-5-18-4-1-2-6-22(18)25/h1-2,4,6-14H,3,5,15-16H2. The van der Waals surface area contributed by atoms with Gasteiger partial charge in [-0.3, -0.25) is 4.79 Å². The van der Waals surface area contributed by atoms with Crippen molar-refractivity contribution in [3.05, 3.63) is 94.5 Å². The Balaban J connectivity index is 1.44. The molecule has 136 valence electrons. The summed E-state index contributed by atoms with van der Waals surface area (Å²) in [6, 6.07) is 24.0. The van der Waals surface area contributed by atoms with Crippen molar-refractivity contribution in [2.75, 3.05) is 11.4 Å². The van der Waals surface area contributed by atoms with Gasteiger partial charge in [0.05, 0.1) is 0 Å². The number of carbonyl (C=O) groups is 1. The lowest BCUT2D eigenvalue weighted by molar-refractivity contribution is 0.0985. The molecule has 0 fully saturated rings. The van der Waals surface area contributed by atoms with Crippen molar-refractivity contribution >= 4 is 35.0 Å². The van der Waals surface area contributed by atoms with E-state index in [1.165, 1.54) is 16.0 Å². The fourth-order valence-electron chi connectivity index (χ4n) is 3.34. The number of hydrogen-bond donors (Lipinski definition) is 0. The highest BCUT2D eigenvalue weighted by atomic mass is 35.5. The number of fused-ring (bicyclic) bond motifs is 1. The van der Waals surface area contributed by atoms with E-state index in [2.05, 4.69) is 6.07 Å². The minimum atomic E-state index is 0.0825. The lowest BCUT2D eigenvalue weighted by Crippen LogP contribution is -2.35. The third-order valence-corrected chi connectivity index (χ3v) is 6.11. The van der Waals surface area contributed by atoms with Crippen molar-refractivity contribution in [3.63, 3.8) is 0 Å². The first-order valence-electron chi connectivity index (χ1n) is 9.08. The van der Waals surface area contributed by atoms with Crippen LogP contribution < -0.4 is 4.90 Å². The molecule has 2 nitrogen and oxygen atoms in total. The highest BCUT2D eigenvalue weighted by molar-refractivity contribution is 7.98. The fraction of sp³-hybridized carbons (Fsp3) is 0.174. The molecule has 27 heavy (non-hydrogen) atoms. The number of nitrogens with zero attached hydrogens (tertiary/aromatic N) is 1. The monoisotopic (exact) mass is 393 g/mol. The van der Waals surface area contributed by atoms with Gasteiger partial charge in [0.2, 0.25) is 0 Å². The second kappa shape index (κ2) is 8.20. The molecule has 4 rings (SSSR count). The molecule has 0 saturated carbocycles. The summed E-state index contributed by atoms with van der Waals surface area (Å²) < 4.78 is 0. The van der Waals surface area contributed by atoms with E-state index in [1.807, 2.05) is 71.6 Å². The van der Waals surface area contributed by atoms with Crippen LogP contribution in [0.4, 0.5) is 5.69 Å². The van der Waals surface area contributed by atoms with Gasteiger partial charge in [0, 0.05) is 33.5 Å². The van der Waals surface area contributed by atoms with Crippen molar-refractivity contribution in [1.82, 2.24) is 0 Å². The van der Waals surface area contributed by atoms with Crippen LogP contribution in [-0.4, -0.2) is 12.5 Å². The summed E-state index contributed by atoms with van der Waals surface area (Å²) in [6.45, 7) is 0.782. The number of thioether (sulfide) groups is 1. The van der Waals surface area contributed by atoms with Gasteiger partial charge >= 0.3 is 0 Å².